The van der Waals surface area contributed by atoms with Gasteiger partial charge in [0.1, 0.15) is 21.7 Å². The smallest absolute Gasteiger partial charge is 0.185 e. The van der Waals surface area contributed by atoms with Crippen molar-refractivity contribution in [2.24, 2.45) is 0 Å². The first-order chi connectivity index (χ1) is 15.7. The van der Waals surface area contributed by atoms with Crippen LogP contribution in [0.25, 0.3) is 22.0 Å². The molecule has 32 heavy (non-hydrogen) atoms. The third kappa shape index (κ3) is 3.59. The van der Waals surface area contributed by atoms with Crippen molar-refractivity contribution in [1.82, 2.24) is 25.5 Å². The minimum atomic E-state index is 0.0692. The van der Waals surface area contributed by atoms with Gasteiger partial charge in [-0.15, -0.1) is 21.5 Å². The summed E-state index contributed by atoms with van der Waals surface area (Å²) >= 11 is 1.29. The quantitative estimate of drug-likeness (QED) is 0.614. The van der Waals surface area contributed by atoms with E-state index in [1.54, 1.807) is 18.3 Å². The van der Waals surface area contributed by atoms with Gasteiger partial charge >= 0.3 is 0 Å². The van der Waals surface area contributed by atoms with Crippen LogP contribution in [0.2, 0.25) is 0 Å². The molecular formula is C23H23N7OS. The van der Waals surface area contributed by atoms with Crippen molar-refractivity contribution < 1.29 is 5.11 Å². The number of nitrogens with zero attached hydrogens (tertiary/aromatic N) is 6. The highest BCUT2D eigenvalue weighted by Crippen LogP contribution is 2.39. The number of nitrogens with one attached hydrogen (secondary N) is 1. The van der Waals surface area contributed by atoms with Crippen LogP contribution in [0, 0.1) is 11.3 Å². The molecule has 2 aliphatic heterocycles. The Bertz CT molecular complexity index is 1170. The topological polar surface area (TPSA) is 111 Å². The second-order valence-electron chi connectivity index (χ2n) is 8.91. The molecule has 2 aromatic heterocycles. The van der Waals surface area contributed by atoms with Gasteiger partial charge in [-0.05, 0) is 50.7 Å². The normalized spacial score (nSPS) is 24.3. The second-order valence-corrected chi connectivity index (χ2v) is 9.95. The van der Waals surface area contributed by atoms with Gasteiger partial charge < -0.3 is 15.3 Å². The molecule has 8 nitrogen and oxygen atoms in total. The molecule has 2 N–H and O–H groups in total. The van der Waals surface area contributed by atoms with Crippen molar-refractivity contribution in [3.63, 3.8) is 0 Å². The van der Waals surface area contributed by atoms with Crippen LogP contribution in [0.15, 0.2) is 30.6 Å². The second kappa shape index (κ2) is 7.80. The number of aromatic nitrogens is 4. The summed E-state index contributed by atoms with van der Waals surface area (Å²) in [6.07, 6.45) is 10.6. The van der Waals surface area contributed by atoms with Crippen LogP contribution < -0.4 is 10.2 Å². The molecule has 0 spiro atoms. The van der Waals surface area contributed by atoms with E-state index in [2.05, 4.69) is 36.5 Å². The number of benzene rings is 1. The molecule has 1 aromatic carbocycles. The Morgan fingerprint density at radius 1 is 1.03 bits per heavy atom. The molecule has 3 aromatic rings. The zero-order valence-corrected chi connectivity index (χ0v) is 18.3. The monoisotopic (exact) mass is 445 g/mol. The molecule has 1 saturated carbocycles. The Kier molecular flexibility index (Phi) is 4.77. The predicted octanol–water partition coefficient (Wildman–Crippen LogP) is 3.49. The lowest BCUT2D eigenvalue weighted by molar-refractivity contribution is 0.343. The Hall–Kier alpha value is -3.09. The fourth-order valence-electron chi connectivity index (χ4n) is 5.10. The lowest BCUT2D eigenvalue weighted by Gasteiger charge is -2.38. The van der Waals surface area contributed by atoms with Crippen LogP contribution in [0.3, 0.4) is 0 Å². The molecule has 0 amide bonds. The van der Waals surface area contributed by atoms with Crippen molar-refractivity contribution in [1.29, 1.82) is 5.26 Å². The number of nitriles is 1. The third-order valence-corrected chi connectivity index (χ3v) is 7.65. The number of aromatic hydroxyl groups is 1. The van der Waals surface area contributed by atoms with Gasteiger partial charge in [-0.3, -0.25) is 0 Å². The van der Waals surface area contributed by atoms with E-state index in [9.17, 15) is 5.11 Å². The van der Waals surface area contributed by atoms with Gasteiger partial charge in [0.15, 0.2) is 11.6 Å². The Labute approximate surface area is 190 Å². The van der Waals surface area contributed by atoms with E-state index in [0.29, 0.717) is 45.4 Å². The molecule has 3 fully saturated rings. The number of phenolic OH excluding ortho intramolecular Hbond substituents is 1. The van der Waals surface area contributed by atoms with Gasteiger partial charge in [0.05, 0.1) is 18.0 Å². The van der Waals surface area contributed by atoms with Crippen molar-refractivity contribution in [2.45, 2.75) is 62.7 Å². The van der Waals surface area contributed by atoms with Gasteiger partial charge in [-0.2, -0.15) is 5.26 Å². The SMILES string of the molecule is N#Cc1cnc(-c2ccc(-c3ncc(N(C4CC4)[C@@H]4C[C@H]5CC[C@@H](C4)N5)nn3)c(O)c2)s1. The number of thiazole rings is 1. The summed E-state index contributed by atoms with van der Waals surface area (Å²) in [5, 5.41) is 32.9. The molecule has 0 radical (unpaired) electrons. The maximum absolute atomic E-state index is 10.6. The third-order valence-electron chi connectivity index (χ3n) is 6.70. The van der Waals surface area contributed by atoms with Gasteiger partial charge in [0.25, 0.3) is 0 Å². The Balaban J connectivity index is 1.24. The van der Waals surface area contributed by atoms with E-state index in [-0.39, 0.29) is 5.75 Å². The number of rotatable bonds is 5. The van der Waals surface area contributed by atoms with Crippen LogP contribution in [0.4, 0.5) is 5.82 Å². The molecule has 2 saturated heterocycles. The first-order valence-corrected chi connectivity index (χ1v) is 11.9. The van der Waals surface area contributed by atoms with Crippen molar-refractivity contribution in [3.8, 4) is 33.8 Å². The van der Waals surface area contributed by atoms with E-state index >= 15 is 0 Å². The Morgan fingerprint density at radius 2 is 1.84 bits per heavy atom. The summed E-state index contributed by atoms with van der Waals surface area (Å²) in [7, 11) is 0. The van der Waals surface area contributed by atoms with Crippen LogP contribution in [-0.2, 0) is 0 Å². The minimum Gasteiger partial charge on any atom is -0.507 e. The number of fused-ring (bicyclic) bond motifs is 2. The molecule has 1 aliphatic carbocycles. The minimum absolute atomic E-state index is 0.0692. The summed E-state index contributed by atoms with van der Waals surface area (Å²) in [5.74, 6) is 1.31. The van der Waals surface area contributed by atoms with E-state index in [1.807, 2.05) is 6.07 Å². The van der Waals surface area contributed by atoms with Gasteiger partial charge in [-0.25, -0.2) is 9.97 Å². The van der Waals surface area contributed by atoms with Gasteiger partial charge in [0.2, 0.25) is 0 Å². The molecule has 3 aliphatic rings. The number of hydrogen-bond donors (Lipinski definition) is 2. The van der Waals surface area contributed by atoms with Crippen LogP contribution >= 0.6 is 11.3 Å². The molecule has 4 heterocycles. The van der Waals surface area contributed by atoms with E-state index in [0.717, 1.165) is 24.2 Å². The van der Waals surface area contributed by atoms with E-state index < -0.39 is 0 Å². The highest BCUT2D eigenvalue weighted by molar-refractivity contribution is 7.15. The summed E-state index contributed by atoms with van der Waals surface area (Å²) in [6, 6.07) is 9.63. The summed E-state index contributed by atoms with van der Waals surface area (Å²) in [4.78, 5) is 11.8. The summed E-state index contributed by atoms with van der Waals surface area (Å²) < 4.78 is 0. The van der Waals surface area contributed by atoms with Crippen molar-refractivity contribution in [2.75, 3.05) is 4.90 Å². The number of anilines is 1. The van der Waals surface area contributed by atoms with Crippen molar-refractivity contribution in [3.05, 3.63) is 35.5 Å². The highest BCUT2D eigenvalue weighted by Gasteiger charge is 2.41. The maximum Gasteiger partial charge on any atom is 0.185 e. The summed E-state index contributed by atoms with van der Waals surface area (Å²) in [6.45, 7) is 0. The first kappa shape index (κ1) is 19.6. The predicted molar refractivity (Wildman–Crippen MR) is 121 cm³/mol. The molecule has 0 unspecified atom stereocenters. The molecule has 162 valence electrons. The van der Waals surface area contributed by atoms with Gasteiger partial charge in [-0.1, -0.05) is 6.07 Å². The molecule has 2 bridgehead atoms. The lowest BCUT2D eigenvalue weighted by atomic mass is 9.98. The zero-order chi connectivity index (χ0) is 21.7. The molecule has 3 atom stereocenters. The molecular weight excluding hydrogens is 422 g/mol. The molecule has 6 rings (SSSR count). The fourth-order valence-corrected chi connectivity index (χ4v) is 5.81. The molecule has 9 heteroatoms. The van der Waals surface area contributed by atoms with Crippen molar-refractivity contribution >= 4 is 17.2 Å². The first-order valence-electron chi connectivity index (χ1n) is 11.1. The largest absolute Gasteiger partial charge is 0.507 e. The average Bonchev–Trinajstić information content (AvgIpc) is 3.41. The van der Waals surface area contributed by atoms with Crippen LogP contribution in [-0.4, -0.2) is 49.4 Å². The highest BCUT2D eigenvalue weighted by atomic mass is 32.1. The van der Waals surface area contributed by atoms with E-state index in [4.69, 9.17) is 5.26 Å². The van der Waals surface area contributed by atoms with Crippen LogP contribution in [0.5, 0.6) is 5.75 Å². The number of hydrogen-bond acceptors (Lipinski definition) is 9. The van der Waals surface area contributed by atoms with Gasteiger partial charge in [0, 0.05) is 29.7 Å². The Morgan fingerprint density at radius 3 is 2.47 bits per heavy atom. The average molecular weight is 446 g/mol. The number of piperidine rings is 1. The van der Waals surface area contributed by atoms with Crippen LogP contribution in [0.1, 0.15) is 43.4 Å². The fraction of sp³-hybridized carbons (Fsp3) is 0.435. The lowest BCUT2D eigenvalue weighted by Crippen LogP contribution is -2.49. The maximum atomic E-state index is 10.6. The number of phenols is 1. The van der Waals surface area contributed by atoms with E-state index in [1.165, 1.54) is 43.2 Å². The zero-order valence-electron chi connectivity index (χ0n) is 17.5. The summed E-state index contributed by atoms with van der Waals surface area (Å²) in [5.41, 5.74) is 1.28. The standard InChI is InChI=1S/C23H23N7OS/c24-10-18-11-26-23(32-18)13-1-6-19(20(31)7-13)22-25-12-21(28-29-22)30(16-4-5-16)17-8-14-2-3-15(9-17)27-14/h1,6-7,11-12,14-17,27,31H,2-5,8-9H2/t14-,15+,17-.